The lowest BCUT2D eigenvalue weighted by Crippen LogP contribution is -2.36. The fourth-order valence-corrected chi connectivity index (χ4v) is 6.15. The lowest BCUT2D eigenvalue weighted by Gasteiger charge is -2.34. The van der Waals surface area contributed by atoms with Crippen molar-refractivity contribution in [2.75, 3.05) is 39.5 Å². The highest BCUT2D eigenvalue weighted by Crippen LogP contribution is 2.35. The SMILES string of the molecule is CSc1ccccc1C1CCN(CCC(CN(C)C(=O)c2ccccc2)c2ccc(Cl)c(Cl)c2)CC1.Cl. The maximum atomic E-state index is 13.0. The molecule has 0 radical (unpaired) electrons. The highest BCUT2D eigenvalue weighted by Gasteiger charge is 2.24. The molecule has 1 amide bonds. The van der Waals surface area contributed by atoms with Crippen LogP contribution in [0.25, 0.3) is 0 Å². The Hall–Kier alpha value is -1.69. The standard InChI is InChI=1S/C30H34Cl2N2OS.ClH/c1-33(30(35)23-8-4-3-5-9-23)21-25(24-12-13-27(31)28(32)20-24)16-19-34-17-14-22(15-18-34)26-10-6-7-11-29(26)36-2;/h3-13,20,22,25H,14-19,21H2,1-2H3;1H. The molecule has 0 aromatic heterocycles. The molecule has 3 aromatic rings. The zero-order chi connectivity index (χ0) is 25.5. The number of halogens is 3. The Morgan fingerprint density at radius 3 is 2.35 bits per heavy atom. The predicted molar refractivity (Wildman–Crippen MR) is 161 cm³/mol. The highest BCUT2D eigenvalue weighted by atomic mass is 35.5. The van der Waals surface area contributed by atoms with Gasteiger partial charge < -0.3 is 9.80 Å². The summed E-state index contributed by atoms with van der Waals surface area (Å²) in [6.07, 6.45) is 5.48. The maximum absolute atomic E-state index is 13.0. The first kappa shape index (κ1) is 29.9. The minimum Gasteiger partial charge on any atom is -0.341 e. The van der Waals surface area contributed by atoms with Crippen molar-refractivity contribution in [2.24, 2.45) is 0 Å². The van der Waals surface area contributed by atoms with Crippen LogP contribution in [0.15, 0.2) is 77.7 Å². The summed E-state index contributed by atoms with van der Waals surface area (Å²) in [4.78, 5) is 18.8. The smallest absolute Gasteiger partial charge is 0.253 e. The molecule has 37 heavy (non-hydrogen) atoms. The molecule has 198 valence electrons. The van der Waals surface area contributed by atoms with Gasteiger partial charge in [0.1, 0.15) is 0 Å². The number of carbonyl (C=O) groups excluding carboxylic acids is 1. The third-order valence-corrected chi connectivity index (χ3v) is 8.79. The van der Waals surface area contributed by atoms with Crippen molar-refractivity contribution in [3.63, 3.8) is 0 Å². The zero-order valence-electron chi connectivity index (χ0n) is 21.4. The van der Waals surface area contributed by atoms with Crippen LogP contribution in [0.5, 0.6) is 0 Å². The molecule has 1 atom stereocenters. The van der Waals surface area contributed by atoms with Gasteiger partial charge in [-0.3, -0.25) is 4.79 Å². The molecule has 1 aliphatic heterocycles. The molecular weight excluding hydrogens is 543 g/mol. The van der Waals surface area contributed by atoms with Crippen LogP contribution in [-0.4, -0.2) is 55.2 Å². The van der Waals surface area contributed by atoms with Gasteiger partial charge in [0.2, 0.25) is 0 Å². The fraction of sp³-hybridized carbons (Fsp3) is 0.367. The Morgan fingerprint density at radius 2 is 1.68 bits per heavy atom. The third kappa shape index (κ3) is 7.91. The lowest BCUT2D eigenvalue weighted by atomic mass is 9.88. The van der Waals surface area contributed by atoms with Crippen molar-refractivity contribution in [1.82, 2.24) is 9.80 Å². The van der Waals surface area contributed by atoms with Crippen LogP contribution < -0.4 is 0 Å². The molecule has 3 aromatic carbocycles. The van der Waals surface area contributed by atoms with E-state index in [1.165, 1.54) is 23.3 Å². The predicted octanol–water partition coefficient (Wildman–Crippen LogP) is 8.26. The van der Waals surface area contributed by atoms with Crippen molar-refractivity contribution >= 4 is 53.3 Å². The van der Waals surface area contributed by atoms with Gasteiger partial charge in [-0.15, -0.1) is 24.2 Å². The van der Waals surface area contributed by atoms with Gasteiger partial charge in [0.25, 0.3) is 5.91 Å². The largest absolute Gasteiger partial charge is 0.341 e. The van der Waals surface area contributed by atoms with Gasteiger partial charge in [-0.2, -0.15) is 0 Å². The van der Waals surface area contributed by atoms with Gasteiger partial charge >= 0.3 is 0 Å². The highest BCUT2D eigenvalue weighted by molar-refractivity contribution is 7.98. The topological polar surface area (TPSA) is 23.6 Å². The van der Waals surface area contributed by atoms with E-state index in [1.54, 1.807) is 0 Å². The molecule has 0 spiro atoms. The van der Waals surface area contributed by atoms with Crippen LogP contribution in [0.4, 0.5) is 0 Å². The van der Waals surface area contributed by atoms with E-state index < -0.39 is 0 Å². The number of hydrogen-bond donors (Lipinski definition) is 0. The normalized spacial score (nSPS) is 15.1. The first-order valence-electron chi connectivity index (χ1n) is 12.6. The molecule has 0 N–H and O–H groups in total. The molecule has 0 bridgehead atoms. The Balaban J connectivity index is 0.00000380. The molecule has 3 nitrogen and oxygen atoms in total. The van der Waals surface area contributed by atoms with E-state index in [9.17, 15) is 4.79 Å². The third-order valence-electron chi connectivity index (χ3n) is 7.24. The second-order valence-corrected chi connectivity index (χ2v) is 11.2. The summed E-state index contributed by atoms with van der Waals surface area (Å²) in [5.41, 5.74) is 3.33. The van der Waals surface area contributed by atoms with E-state index in [2.05, 4.69) is 35.4 Å². The number of nitrogens with zero attached hydrogens (tertiary/aromatic N) is 2. The molecule has 0 aliphatic carbocycles. The summed E-state index contributed by atoms with van der Waals surface area (Å²) in [5, 5.41) is 1.12. The molecule has 1 aliphatic rings. The number of hydrogen-bond acceptors (Lipinski definition) is 3. The maximum Gasteiger partial charge on any atom is 0.253 e. The average molecular weight is 578 g/mol. The molecule has 7 heteroatoms. The number of benzene rings is 3. The van der Waals surface area contributed by atoms with Crippen LogP contribution in [0.1, 0.15) is 52.6 Å². The molecule has 4 rings (SSSR count). The van der Waals surface area contributed by atoms with Crippen molar-refractivity contribution in [3.05, 3.63) is 99.5 Å². The van der Waals surface area contributed by atoms with Gasteiger partial charge in [-0.05, 0) is 92.5 Å². The summed E-state index contributed by atoms with van der Waals surface area (Å²) in [6, 6.07) is 24.2. The first-order valence-corrected chi connectivity index (χ1v) is 14.5. The van der Waals surface area contributed by atoms with Gasteiger partial charge in [-0.25, -0.2) is 0 Å². The lowest BCUT2D eigenvalue weighted by molar-refractivity contribution is 0.0781. The molecule has 1 fully saturated rings. The molecule has 1 saturated heterocycles. The van der Waals surface area contributed by atoms with Crippen molar-refractivity contribution < 1.29 is 4.79 Å². The van der Waals surface area contributed by atoms with Crippen molar-refractivity contribution in [3.8, 4) is 0 Å². The van der Waals surface area contributed by atoms with E-state index >= 15 is 0 Å². The van der Waals surface area contributed by atoms with Crippen LogP contribution in [0, 0.1) is 0 Å². The number of likely N-dealkylation sites (N-methyl/N-ethyl adjacent to an activating group) is 1. The summed E-state index contributed by atoms with van der Waals surface area (Å²) >= 11 is 14.4. The van der Waals surface area contributed by atoms with Crippen molar-refractivity contribution in [1.29, 1.82) is 0 Å². The van der Waals surface area contributed by atoms with E-state index in [1.807, 2.05) is 72.2 Å². The molecule has 0 saturated carbocycles. The Kier molecular flexibility index (Phi) is 11.7. The van der Waals surface area contributed by atoms with E-state index in [-0.39, 0.29) is 24.2 Å². The van der Waals surface area contributed by atoms with Gasteiger partial charge in [0, 0.05) is 30.0 Å². The molecular formula is C30H35Cl3N2OS. The number of thioether (sulfide) groups is 1. The summed E-state index contributed by atoms with van der Waals surface area (Å²) in [7, 11) is 1.88. The number of likely N-dealkylation sites (tertiary alicyclic amines) is 1. The Morgan fingerprint density at radius 1 is 1.00 bits per heavy atom. The summed E-state index contributed by atoms with van der Waals surface area (Å²) in [6.45, 7) is 3.82. The monoisotopic (exact) mass is 576 g/mol. The average Bonchev–Trinajstić information content (AvgIpc) is 2.92. The second kappa shape index (κ2) is 14.5. The molecule has 1 heterocycles. The fourth-order valence-electron chi connectivity index (χ4n) is 5.15. The minimum absolute atomic E-state index is 0. The molecule has 1 unspecified atom stereocenters. The minimum atomic E-state index is 0. The summed E-state index contributed by atoms with van der Waals surface area (Å²) < 4.78 is 0. The van der Waals surface area contributed by atoms with Crippen LogP contribution in [0.2, 0.25) is 10.0 Å². The van der Waals surface area contributed by atoms with Gasteiger partial charge in [0.05, 0.1) is 10.0 Å². The van der Waals surface area contributed by atoms with Gasteiger partial charge in [0.15, 0.2) is 0 Å². The quantitative estimate of drug-likeness (QED) is 0.239. The number of rotatable bonds is 9. The summed E-state index contributed by atoms with van der Waals surface area (Å²) in [5.74, 6) is 0.840. The van der Waals surface area contributed by atoms with E-state index in [4.69, 9.17) is 23.2 Å². The van der Waals surface area contributed by atoms with Crippen LogP contribution >= 0.6 is 47.4 Å². The van der Waals surface area contributed by atoms with Crippen molar-refractivity contribution in [2.45, 2.75) is 36.0 Å². The van der Waals surface area contributed by atoms with Crippen LogP contribution in [0.3, 0.4) is 0 Å². The van der Waals surface area contributed by atoms with Crippen LogP contribution in [-0.2, 0) is 0 Å². The number of amides is 1. The van der Waals surface area contributed by atoms with Gasteiger partial charge in [-0.1, -0.05) is 65.7 Å². The first-order chi connectivity index (χ1) is 17.5. The zero-order valence-corrected chi connectivity index (χ0v) is 24.6. The van der Waals surface area contributed by atoms with E-state index in [0.717, 1.165) is 31.6 Å². The Labute approximate surface area is 241 Å². The second-order valence-electron chi connectivity index (χ2n) is 9.57. The number of carbonyl (C=O) groups is 1. The number of piperidine rings is 1. The Bertz CT molecular complexity index is 1150. The van der Waals surface area contributed by atoms with E-state index in [0.29, 0.717) is 28.1 Å².